The molecule has 0 spiro atoms. The van der Waals surface area contributed by atoms with Crippen molar-refractivity contribution in [2.45, 2.75) is 23.6 Å². The van der Waals surface area contributed by atoms with E-state index in [0.717, 1.165) is 32.6 Å². The lowest BCUT2D eigenvalue weighted by molar-refractivity contribution is 0.104. The van der Waals surface area contributed by atoms with Crippen LogP contribution in [-0.4, -0.2) is 14.2 Å². The lowest BCUT2D eigenvalue weighted by atomic mass is 10.1. The number of nitrogens with two attached hydrogens (primary N) is 1. The summed E-state index contributed by atoms with van der Waals surface area (Å²) in [5.74, 6) is -0.320. The van der Waals surface area contributed by atoms with Crippen LogP contribution in [0.2, 0.25) is 0 Å². The molecule has 0 atom stereocenters. The van der Waals surface area contributed by atoms with Gasteiger partial charge in [-0.15, -0.1) is 11.3 Å². The van der Waals surface area contributed by atoms with Crippen LogP contribution in [0.15, 0.2) is 87.1 Å². The summed E-state index contributed by atoms with van der Waals surface area (Å²) in [5.41, 5.74) is 9.54. The Morgan fingerprint density at radius 2 is 1.64 bits per heavy atom. The van der Waals surface area contributed by atoms with Gasteiger partial charge in [-0.05, 0) is 49.7 Å². The molecule has 0 saturated heterocycles. The van der Waals surface area contributed by atoms with E-state index in [9.17, 15) is 13.2 Å². The van der Waals surface area contributed by atoms with Gasteiger partial charge in [-0.1, -0.05) is 64.0 Å². The van der Waals surface area contributed by atoms with E-state index >= 15 is 0 Å². The van der Waals surface area contributed by atoms with Crippen molar-refractivity contribution in [1.82, 2.24) is 0 Å². The van der Waals surface area contributed by atoms with E-state index in [1.807, 2.05) is 38.1 Å². The van der Waals surface area contributed by atoms with Crippen molar-refractivity contribution >= 4 is 59.3 Å². The number of aryl methyl sites for hydroxylation is 2. The van der Waals surface area contributed by atoms with Crippen molar-refractivity contribution in [3.63, 3.8) is 0 Å². The minimum Gasteiger partial charge on any atom is -0.396 e. The molecule has 0 bridgehead atoms. The maximum atomic E-state index is 13.6. The van der Waals surface area contributed by atoms with Gasteiger partial charge in [-0.2, -0.15) is 0 Å². The van der Waals surface area contributed by atoms with E-state index in [-0.39, 0.29) is 26.1 Å². The third kappa shape index (κ3) is 4.59. The van der Waals surface area contributed by atoms with Crippen molar-refractivity contribution in [1.29, 1.82) is 0 Å². The van der Waals surface area contributed by atoms with Gasteiger partial charge >= 0.3 is 0 Å². The maximum Gasteiger partial charge on any atom is 0.211 e. The van der Waals surface area contributed by atoms with E-state index in [4.69, 9.17) is 5.73 Å². The molecule has 1 aromatic heterocycles. The van der Waals surface area contributed by atoms with E-state index in [2.05, 4.69) is 21.2 Å². The van der Waals surface area contributed by atoms with Gasteiger partial charge < -0.3 is 11.1 Å². The molecule has 168 valence electrons. The number of halogens is 1. The summed E-state index contributed by atoms with van der Waals surface area (Å²) in [5, 5.41) is 3.53. The zero-order valence-corrected chi connectivity index (χ0v) is 21.1. The van der Waals surface area contributed by atoms with Crippen LogP contribution in [0.4, 0.5) is 16.4 Å². The zero-order chi connectivity index (χ0) is 23.8. The molecule has 0 unspecified atom stereocenters. The summed E-state index contributed by atoms with van der Waals surface area (Å²) >= 11 is 4.38. The summed E-state index contributed by atoms with van der Waals surface area (Å²) in [6, 6.07) is 20.8. The Labute approximate surface area is 205 Å². The van der Waals surface area contributed by atoms with Crippen molar-refractivity contribution in [3.8, 4) is 0 Å². The van der Waals surface area contributed by atoms with Crippen molar-refractivity contribution in [2.24, 2.45) is 0 Å². The Balaban J connectivity index is 1.90. The molecule has 0 radical (unpaired) electrons. The molecule has 4 rings (SSSR count). The van der Waals surface area contributed by atoms with E-state index in [0.29, 0.717) is 10.6 Å². The smallest absolute Gasteiger partial charge is 0.211 e. The molecule has 0 saturated carbocycles. The van der Waals surface area contributed by atoms with E-state index < -0.39 is 9.84 Å². The number of carbonyl (C=O) groups is 1. The van der Waals surface area contributed by atoms with Gasteiger partial charge in [0.2, 0.25) is 15.6 Å². The van der Waals surface area contributed by atoms with Gasteiger partial charge in [0.1, 0.15) is 14.8 Å². The predicted octanol–water partition coefficient (Wildman–Crippen LogP) is 6.52. The lowest BCUT2D eigenvalue weighted by Crippen LogP contribution is -2.08. The van der Waals surface area contributed by atoms with Gasteiger partial charge in [-0.3, -0.25) is 4.79 Å². The molecule has 0 amide bonds. The van der Waals surface area contributed by atoms with Crippen LogP contribution in [0.3, 0.4) is 0 Å². The molecule has 5 nitrogen and oxygen atoms in total. The first-order valence-corrected chi connectivity index (χ1v) is 13.1. The number of carbonyl (C=O) groups excluding carboxylic acids is 1. The topological polar surface area (TPSA) is 89.3 Å². The number of nitrogens with one attached hydrogen (secondary N) is 1. The van der Waals surface area contributed by atoms with Crippen LogP contribution in [0.1, 0.15) is 26.4 Å². The average Bonchev–Trinajstić information content (AvgIpc) is 3.12. The molecule has 0 aliphatic carbocycles. The van der Waals surface area contributed by atoms with Gasteiger partial charge in [0, 0.05) is 15.7 Å². The Morgan fingerprint density at radius 3 is 2.27 bits per heavy atom. The van der Waals surface area contributed by atoms with Crippen molar-refractivity contribution in [2.75, 3.05) is 11.1 Å². The third-order valence-electron chi connectivity index (χ3n) is 5.16. The van der Waals surface area contributed by atoms with Crippen LogP contribution in [0, 0.1) is 13.8 Å². The summed E-state index contributed by atoms with van der Waals surface area (Å²) in [4.78, 5) is 13.4. The molecule has 3 aromatic carbocycles. The van der Waals surface area contributed by atoms with Gasteiger partial charge in [0.25, 0.3) is 0 Å². The second kappa shape index (κ2) is 9.13. The summed E-state index contributed by atoms with van der Waals surface area (Å²) < 4.78 is 28.1. The molecule has 0 aliphatic heterocycles. The molecule has 33 heavy (non-hydrogen) atoms. The number of hydrogen-bond acceptors (Lipinski definition) is 6. The fourth-order valence-electron chi connectivity index (χ4n) is 3.47. The normalized spacial score (nSPS) is 11.4. The number of hydrogen-bond donors (Lipinski definition) is 2. The fourth-order valence-corrected chi connectivity index (χ4v) is 6.67. The van der Waals surface area contributed by atoms with Gasteiger partial charge in [0.15, 0.2) is 0 Å². The number of rotatable bonds is 6. The molecule has 0 aliphatic rings. The van der Waals surface area contributed by atoms with Crippen LogP contribution >= 0.6 is 27.3 Å². The lowest BCUT2D eigenvalue weighted by Gasteiger charge is -2.12. The summed E-state index contributed by atoms with van der Waals surface area (Å²) in [6.07, 6.45) is 0. The Kier molecular flexibility index (Phi) is 6.43. The number of thiophene rings is 1. The Bertz CT molecular complexity index is 1450. The second-order valence-electron chi connectivity index (χ2n) is 7.60. The first-order valence-electron chi connectivity index (χ1n) is 10.1. The highest BCUT2D eigenvalue weighted by atomic mass is 79.9. The zero-order valence-electron chi connectivity index (χ0n) is 17.9. The number of sulfone groups is 1. The number of benzene rings is 3. The maximum absolute atomic E-state index is 13.6. The molecule has 3 N–H and O–H groups in total. The monoisotopic (exact) mass is 540 g/mol. The van der Waals surface area contributed by atoms with E-state index in [1.54, 1.807) is 36.4 Å². The minimum atomic E-state index is -4.00. The average molecular weight is 541 g/mol. The third-order valence-corrected chi connectivity index (χ3v) is 8.80. The Morgan fingerprint density at radius 1 is 0.970 bits per heavy atom. The van der Waals surface area contributed by atoms with Gasteiger partial charge in [-0.25, -0.2) is 8.42 Å². The quantitative estimate of drug-likeness (QED) is 0.272. The van der Waals surface area contributed by atoms with Crippen LogP contribution in [0.5, 0.6) is 0 Å². The highest BCUT2D eigenvalue weighted by Gasteiger charge is 2.31. The van der Waals surface area contributed by atoms with E-state index in [1.165, 1.54) is 12.1 Å². The summed E-state index contributed by atoms with van der Waals surface area (Å²) in [6.45, 7) is 3.92. The Hall–Kier alpha value is -2.94. The first-order chi connectivity index (χ1) is 15.7. The van der Waals surface area contributed by atoms with Crippen LogP contribution in [-0.2, 0) is 9.84 Å². The van der Waals surface area contributed by atoms with Crippen LogP contribution in [0.25, 0.3) is 0 Å². The highest BCUT2D eigenvalue weighted by Crippen LogP contribution is 2.44. The van der Waals surface area contributed by atoms with Gasteiger partial charge in [0.05, 0.1) is 10.6 Å². The standard InChI is InChI=1S/C25H21BrN2O3S2/c1-15-8-13-20(16(2)14-15)28-25-24(33(30,31)19-11-9-18(26)10-12-19)21(27)23(32-25)22(29)17-6-4-3-5-7-17/h3-14,28H,27H2,1-2H3. The summed E-state index contributed by atoms with van der Waals surface area (Å²) in [7, 11) is -4.00. The van der Waals surface area contributed by atoms with Crippen molar-refractivity contribution in [3.05, 3.63) is 98.8 Å². The molecular formula is C25H21BrN2O3S2. The number of anilines is 3. The second-order valence-corrected chi connectivity index (χ2v) is 11.4. The highest BCUT2D eigenvalue weighted by molar-refractivity contribution is 9.10. The molecular weight excluding hydrogens is 520 g/mol. The minimum absolute atomic E-state index is 0.0518. The van der Waals surface area contributed by atoms with Crippen molar-refractivity contribution < 1.29 is 13.2 Å². The molecule has 4 aromatic rings. The molecule has 0 fully saturated rings. The van der Waals surface area contributed by atoms with Crippen LogP contribution < -0.4 is 11.1 Å². The predicted molar refractivity (Wildman–Crippen MR) is 137 cm³/mol. The largest absolute Gasteiger partial charge is 0.396 e. The SMILES string of the molecule is Cc1ccc(Nc2sc(C(=O)c3ccccc3)c(N)c2S(=O)(=O)c2ccc(Br)cc2)c(C)c1. The molecule has 1 heterocycles. The number of nitrogen functional groups attached to an aromatic ring is 1. The number of ketones is 1. The first kappa shape index (κ1) is 23.2. The molecule has 8 heteroatoms. The fraction of sp³-hybridized carbons (Fsp3) is 0.0800.